The third kappa shape index (κ3) is 3.27. The lowest BCUT2D eigenvalue weighted by atomic mass is 10.2. The van der Waals surface area contributed by atoms with E-state index in [1.807, 2.05) is 20.0 Å². The summed E-state index contributed by atoms with van der Waals surface area (Å²) in [6.45, 7) is 1.98. The number of rotatable bonds is 3. The quantitative estimate of drug-likeness (QED) is 0.817. The fourth-order valence-corrected chi connectivity index (χ4v) is 2.77. The summed E-state index contributed by atoms with van der Waals surface area (Å²) in [6.07, 6.45) is 2.46. The fourth-order valence-electron chi connectivity index (χ4n) is 1.77. The monoisotopic (exact) mass is 389 g/mol. The molecule has 0 saturated heterocycles. The Bertz CT molecular complexity index is 624. The number of carbonyl (C=O) groups excluding carboxylic acids is 1. The van der Waals surface area contributed by atoms with Crippen molar-refractivity contribution < 1.29 is 4.79 Å². The molecule has 0 atom stereocenters. The Labute approximate surface area is 130 Å². The summed E-state index contributed by atoms with van der Waals surface area (Å²) in [6, 6.07) is 5.36. The summed E-state index contributed by atoms with van der Waals surface area (Å²) in [5.41, 5.74) is 2.15. The Morgan fingerprint density at radius 3 is 2.89 bits per heavy atom. The van der Waals surface area contributed by atoms with Crippen molar-refractivity contribution in [3.8, 4) is 0 Å². The smallest absolute Gasteiger partial charge is 0.259 e. The van der Waals surface area contributed by atoms with Gasteiger partial charge in [0.05, 0.1) is 16.9 Å². The Balaban J connectivity index is 2.25. The molecule has 0 aliphatic heterocycles. The van der Waals surface area contributed by atoms with Crippen molar-refractivity contribution in [2.45, 2.75) is 13.3 Å². The topological polar surface area (TPSA) is 46.9 Å². The molecule has 1 N–H and O–H groups in total. The summed E-state index contributed by atoms with van der Waals surface area (Å²) in [5.74, 6) is -0.148. The van der Waals surface area contributed by atoms with Gasteiger partial charge in [0.25, 0.3) is 5.91 Å². The van der Waals surface area contributed by atoms with Gasteiger partial charge in [0.1, 0.15) is 0 Å². The minimum Gasteiger partial charge on any atom is -0.321 e. The maximum Gasteiger partial charge on any atom is 0.259 e. The van der Waals surface area contributed by atoms with Gasteiger partial charge in [-0.2, -0.15) is 5.10 Å². The number of aryl methyl sites for hydroxylation is 2. The molecule has 19 heavy (non-hydrogen) atoms. The standard InChI is InChI=1S/C13H13ClIN3O/c1-3-11-9(7-18(2)17-11)13(19)16-12-5-4-8(14)6-10(12)15/h4-7H,3H2,1-2H3,(H,16,19). The summed E-state index contributed by atoms with van der Waals surface area (Å²) < 4.78 is 2.56. The number of nitrogens with one attached hydrogen (secondary N) is 1. The van der Waals surface area contributed by atoms with Crippen LogP contribution in [0.3, 0.4) is 0 Å². The van der Waals surface area contributed by atoms with Gasteiger partial charge in [-0.05, 0) is 47.2 Å². The number of hydrogen-bond donors (Lipinski definition) is 1. The van der Waals surface area contributed by atoms with Crippen molar-refractivity contribution >= 4 is 45.8 Å². The molecule has 1 aromatic heterocycles. The van der Waals surface area contributed by atoms with Crippen molar-refractivity contribution in [3.05, 3.63) is 44.2 Å². The molecule has 0 aliphatic rings. The van der Waals surface area contributed by atoms with E-state index in [-0.39, 0.29) is 5.91 Å². The Morgan fingerprint density at radius 1 is 1.53 bits per heavy atom. The Hall–Kier alpha value is -1.08. The lowest BCUT2D eigenvalue weighted by molar-refractivity contribution is 0.102. The number of amides is 1. The predicted octanol–water partition coefficient (Wildman–Crippen LogP) is 3.49. The summed E-state index contributed by atoms with van der Waals surface area (Å²) in [7, 11) is 1.81. The van der Waals surface area contributed by atoms with E-state index in [0.29, 0.717) is 10.6 Å². The molecule has 6 heteroatoms. The summed E-state index contributed by atoms with van der Waals surface area (Å²) in [4.78, 5) is 12.2. The number of hydrogen-bond acceptors (Lipinski definition) is 2. The van der Waals surface area contributed by atoms with E-state index in [4.69, 9.17) is 11.6 Å². The first kappa shape index (κ1) is 14.3. The van der Waals surface area contributed by atoms with Gasteiger partial charge in [0, 0.05) is 21.8 Å². The van der Waals surface area contributed by atoms with E-state index in [0.717, 1.165) is 21.4 Å². The van der Waals surface area contributed by atoms with Crippen LogP contribution in [0, 0.1) is 3.57 Å². The highest BCUT2D eigenvalue weighted by atomic mass is 127. The largest absolute Gasteiger partial charge is 0.321 e. The van der Waals surface area contributed by atoms with E-state index >= 15 is 0 Å². The zero-order chi connectivity index (χ0) is 14.0. The molecule has 0 fully saturated rings. The fraction of sp³-hybridized carbons (Fsp3) is 0.231. The summed E-state index contributed by atoms with van der Waals surface area (Å²) >= 11 is 8.03. The van der Waals surface area contributed by atoms with Crippen LogP contribution in [-0.4, -0.2) is 15.7 Å². The second-order valence-corrected chi connectivity index (χ2v) is 5.69. The minimum absolute atomic E-state index is 0.148. The van der Waals surface area contributed by atoms with Crippen LogP contribution in [-0.2, 0) is 13.5 Å². The molecule has 1 aromatic carbocycles. The average Bonchev–Trinajstić information content (AvgIpc) is 2.74. The predicted molar refractivity (Wildman–Crippen MR) is 84.7 cm³/mol. The lowest BCUT2D eigenvalue weighted by Crippen LogP contribution is -2.13. The molecular weight excluding hydrogens is 377 g/mol. The molecule has 100 valence electrons. The molecule has 4 nitrogen and oxygen atoms in total. The number of anilines is 1. The van der Waals surface area contributed by atoms with E-state index in [9.17, 15) is 4.79 Å². The van der Waals surface area contributed by atoms with Crippen molar-refractivity contribution in [2.75, 3.05) is 5.32 Å². The van der Waals surface area contributed by atoms with Gasteiger partial charge in [-0.25, -0.2) is 0 Å². The van der Waals surface area contributed by atoms with E-state index in [2.05, 4.69) is 33.0 Å². The SMILES string of the molecule is CCc1nn(C)cc1C(=O)Nc1ccc(Cl)cc1I. The van der Waals surface area contributed by atoms with Crippen LogP contribution in [0.4, 0.5) is 5.69 Å². The van der Waals surface area contributed by atoms with Gasteiger partial charge in [0.15, 0.2) is 0 Å². The third-order valence-corrected chi connectivity index (χ3v) is 3.79. The van der Waals surface area contributed by atoms with Crippen LogP contribution in [0.5, 0.6) is 0 Å². The highest BCUT2D eigenvalue weighted by molar-refractivity contribution is 14.1. The van der Waals surface area contributed by atoms with Gasteiger partial charge in [0.2, 0.25) is 0 Å². The molecule has 1 amide bonds. The highest BCUT2D eigenvalue weighted by Gasteiger charge is 2.15. The molecule has 2 aromatic rings. The van der Waals surface area contributed by atoms with Gasteiger partial charge < -0.3 is 5.32 Å². The first-order chi connectivity index (χ1) is 9.01. The molecular formula is C13H13ClIN3O. The van der Waals surface area contributed by atoms with Crippen molar-refractivity contribution in [1.29, 1.82) is 0 Å². The van der Waals surface area contributed by atoms with Crippen LogP contribution in [0.25, 0.3) is 0 Å². The number of benzene rings is 1. The number of nitrogens with zero attached hydrogens (tertiary/aromatic N) is 2. The van der Waals surface area contributed by atoms with Crippen molar-refractivity contribution in [2.24, 2.45) is 7.05 Å². The maximum atomic E-state index is 12.2. The third-order valence-electron chi connectivity index (χ3n) is 2.66. The van der Waals surface area contributed by atoms with Crippen LogP contribution in [0.1, 0.15) is 23.0 Å². The first-order valence-electron chi connectivity index (χ1n) is 5.80. The van der Waals surface area contributed by atoms with Gasteiger partial charge in [-0.3, -0.25) is 9.48 Å². The number of aromatic nitrogens is 2. The molecule has 1 heterocycles. The zero-order valence-electron chi connectivity index (χ0n) is 10.6. The van der Waals surface area contributed by atoms with Crippen LogP contribution >= 0.6 is 34.2 Å². The molecule has 0 bridgehead atoms. The molecule has 0 spiro atoms. The second kappa shape index (κ2) is 5.92. The van der Waals surface area contributed by atoms with E-state index < -0.39 is 0 Å². The second-order valence-electron chi connectivity index (χ2n) is 4.09. The molecule has 2 rings (SSSR count). The first-order valence-corrected chi connectivity index (χ1v) is 7.26. The van der Waals surface area contributed by atoms with Crippen molar-refractivity contribution in [1.82, 2.24) is 9.78 Å². The Kier molecular flexibility index (Phi) is 4.46. The van der Waals surface area contributed by atoms with Crippen LogP contribution in [0.15, 0.2) is 24.4 Å². The Morgan fingerprint density at radius 2 is 2.26 bits per heavy atom. The molecule has 0 radical (unpaired) electrons. The van der Waals surface area contributed by atoms with Crippen LogP contribution < -0.4 is 5.32 Å². The van der Waals surface area contributed by atoms with E-state index in [1.165, 1.54) is 0 Å². The number of carbonyl (C=O) groups is 1. The highest BCUT2D eigenvalue weighted by Crippen LogP contribution is 2.23. The number of halogens is 2. The summed E-state index contributed by atoms with van der Waals surface area (Å²) in [5, 5.41) is 7.80. The molecule has 0 unspecified atom stereocenters. The van der Waals surface area contributed by atoms with Gasteiger partial charge in [-0.1, -0.05) is 18.5 Å². The molecule has 0 saturated carbocycles. The van der Waals surface area contributed by atoms with Gasteiger partial charge >= 0.3 is 0 Å². The van der Waals surface area contributed by atoms with E-state index in [1.54, 1.807) is 23.0 Å². The minimum atomic E-state index is -0.148. The normalized spacial score (nSPS) is 10.5. The van der Waals surface area contributed by atoms with Gasteiger partial charge in [-0.15, -0.1) is 0 Å². The zero-order valence-corrected chi connectivity index (χ0v) is 13.5. The molecule has 0 aliphatic carbocycles. The lowest BCUT2D eigenvalue weighted by Gasteiger charge is -2.07. The maximum absolute atomic E-state index is 12.2. The van der Waals surface area contributed by atoms with Crippen molar-refractivity contribution in [3.63, 3.8) is 0 Å². The van der Waals surface area contributed by atoms with Crippen LogP contribution in [0.2, 0.25) is 5.02 Å². The average molecular weight is 390 g/mol.